The van der Waals surface area contributed by atoms with E-state index in [0.717, 1.165) is 49.1 Å². The van der Waals surface area contributed by atoms with Gasteiger partial charge in [0.1, 0.15) is 12.9 Å². The molecule has 11 heteroatoms. The number of carbonyl (C=O) groups is 2. The van der Waals surface area contributed by atoms with Gasteiger partial charge >= 0.3 is 5.97 Å². The molecule has 5 rings (SSSR count). The summed E-state index contributed by atoms with van der Waals surface area (Å²) in [5.74, 6) is 0.442. The summed E-state index contributed by atoms with van der Waals surface area (Å²) in [6, 6.07) is 2.32. The molecule has 1 saturated carbocycles. The summed E-state index contributed by atoms with van der Waals surface area (Å²) in [4.78, 5) is 29.2. The highest BCUT2D eigenvalue weighted by atomic mass is 16.5. The number of esters is 1. The van der Waals surface area contributed by atoms with Gasteiger partial charge in [-0.05, 0) is 75.1 Å². The zero-order valence-electron chi connectivity index (χ0n) is 19.2. The number of carbonyl (C=O) groups excluding carboxylic acids is 2. The number of ether oxygens (including phenoxy) is 1. The maximum Gasteiger partial charge on any atom is 0.336 e. The molecule has 0 unspecified atom stereocenters. The first-order valence-corrected chi connectivity index (χ1v) is 11.3. The molecule has 0 bridgehead atoms. The van der Waals surface area contributed by atoms with Gasteiger partial charge in [0.2, 0.25) is 5.91 Å². The van der Waals surface area contributed by atoms with E-state index in [4.69, 9.17) is 4.74 Å². The predicted molar refractivity (Wildman–Crippen MR) is 116 cm³/mol. The molecule has 0 atom stereocenters. The third kappa shape index (κ3) is 3.79. The molecule has 1 saturated heterocycles. The normalized spacial score (nSPS) is 25.6. The Morgan fingerprint density at radius 1 is 1.18 bits per heavy atom. The molecule has 0 radical (unpaired) electrons. The molecule has 174 valence electrons. The minimum absolute atomic E-state index is 0.163. The monoisotopic (exact) mass is 452 g/mol. The summed E-state index contributed by atoms with van der Waals surface area (Å²) < 4.78 is 6.61. The third-order valence-electron chi connectivity index (χ3n) is 7.51. The maximum atomic E-state index is 13.3. The van der Waals surface area contributed by atoms with Crippen molar-refractivity contribution in [3.8, 4) is 5.82 Å². The van der Waals surface area contributed by atoms with Crippen LogP contribution >= 0.6 is 0 Å². The van der Waals surface area contributed by atoms with Gasteiger partial charge in [-0.1, -0.05) is 0 Å². The summed E-state index contributed by atoms with van der Waals surface area (Å²) in [6.07, 6.45) is 5.98. The van der Waals surface area contributed by atoms with Crippen LogP contribution in [0, 0.1) is 12.3 Å². The number of aromatic nitrogens is 6. The van der Waals surface area contributed by atoms with E-state index in [1.165, 1.54) is 11.0 Å². The SMILES string of the molecule is CC1=C(N2CC[C@]3(CC[C@@H](N(C)Cc4nnc(-n5cnnn5)cc4C)CC3)C2=O)COC1=O. The highest BCUT2D eigenvalue weighted by Gasteiger charge is 2.50. The predicted octanol–water partition coefficient (Wildman–Crippen LogP) is 1.18. The summed E-state index contributed by atoms with van der Waals surface area (Å²) in [6.45, 7) is 5.34. The van der Waals surface area contributed by atoms with Gasteiger partial charge in [0.25, 0.3) is 0 Å². The smallest absolute Gasteiger partial charge is 0.336 e. The van der Waals surface area contributed by atoms with E-state index in [2.05, 4.69) is 37.7 Å². The van der Waals surface area contributed by atoms with Crippen LogP contribution in [-0.4, -0.2) is 78.3 Å². The van der Waals surface area contributed by atoms with Crippen molar-refractivity contribution in [3.05, 3.63) is 34.9 Å². The maximum absolute atomic E-state index is 13.3. The lowest BCUT2D eigenvalue weighted by Gasteiger charge is -2.39. The summed E-state index contributed by atoms with van der Waals surface area (Å²) >= 11 is 0. The van der Waals surface area contributed by atoms with Gasteiger partial charge in [-0.3, -0.25) is 9.69 Å². The second-order valence-corrected chi connectivity index (χ2v) is 9.37. The van der Waals surface area contributed by atoms with Gasteiger partial charge in [0, 0.05) is 19.1 Å². The Morgan fingerprint density at radius 2 is 1.97 bits per heavy atom. The molecule has 2 aromatic heterocycles. The van der Waals surface area contributed by atoms with E-state index in [0.29, 0.717) is 30.5 Å². The fraction of sp³-hybridized carbons (Fsp3) is 0.591. The number of cyclic esters (lactones) is 1. The summed E-state index contributed by atoms with van der Waals surface area (Å²) in [5.41, 5.74) is 2.97. The molecule has 2 fully saturated rings. The van der Waals surface area contributed by atoms with Gasteiger partial charge in [-0.15, -0.1) is 10.2 Å². The number of tetrazole rings is 1. The van der Waals surface area contributed by atoms with Crippen LogP contribution in [-0.2, 0) is 20.9 Å². The standard InChI is InChI=1S/C22H28N8O3/c1-14-10-19(30-13-23-26-27-30)25-24-17(14)11-28(3)16-4-6-22(7-5-16)8-9-29(21(22)32)18-12-33-20(31)15(18)2/h10,13,16H,4-9,11-12H2,1-3H3/t16-,22-. The van der Waals surface area contributed by atoms with Crippen LogP contribution in [0.1, 0.15) is 50.3 Å². The molecule has 11 nitrogen and oxygen atoms in total. The van der Waals surface area contributed by atoms with Crippen LogP contribution in [0.3, 0.4) is 0 Å². The molecular weight excluding hydrogens is 424 g/mol. The average molecular weight is 453 g/mol. The topological polar surface area (TPSA) is 119 Å². The van der Waals surface area contributed by atoms with Crippen LogP contribution in [0.4, 0.5) is 0 Å². The molecule has 2 aliphatic heterocycles. The average Bonchev–Trinajstić information content (AvgIpc) is 3.53. The van der Waals surface area contributed by atoms with Crippen molar-refractivity contribution in [2.75, 3.05) is 20.2 Å². The van der Waals surface area contributed by atoms with Crippen molar-refractivity contribution in [2.45, 2.75) is 58.5 Å². The van der Waals surface area contributed by atoms with Crippen molar-refractivity contribution < 1.29 is 14.3 Å². The number of likely N-dealkylation sites (tertiary alicyclic amines) is 1. The molecule has 4 heterocycles. The van der Waals surface area contributed by atoms with Crippen LogP contribution in [0.5, 0.6) is 0 Å². The Kier molecular flexibility index (Phi) is 5.43. The number of aryl methyl sites for hydroxylation is 1. The molecule has 0 N–H and O–H groups in total. The summed E-state index contributed by atoms with van der Waals surface area (Å²) in [5, 5.41) is 19.8. The molecule has 1 aliphatic carbocycles. The first-order chi connectivity index (χ1) is 15.9. The Hall–Kier alpha value is -3.21. The molecule has 3 aliphatic rings. The highest BCUT2D eigenvalue weighted by Crippen LogP contribution is 2.47. The molecule has 0 aromatic carbocycles. The van der Waals surface area contributed by atoms with Crippen LogP contribution in [0.15, 0.2) is 23.7 Å². The molecule has 2 aromatic rings. The zero-order valence-corrected chi connectivity index (χ0v) is 19.2. The van der Waals surface area contributed by atoms with Crippen molar-refractivity contribution in [3.63, 3.8) is 0 Å². The third-order valence-corrected chi connectivity index (χ3v) is 7.51. The molecule has 1 amide bonds. The second-order valence-electron chi connectivity index (χ2n) is 9.37. The lowest BCUT2D eigenvalue weighted by Crippen LogP contribution is -2.42. The van der Waals surface area contributed by atoms with Crippen LogP contribution in [0.25, 0.3) is 5.82 Å². The largest absolute Gasteiger partial charge is 0.456 e. The van der Waals surface area contributed by atoms with Gasteiger partial charge in [0.15, 0.2) is 5.82 Å². The van der Waals surface area contributed by atoms with Gasteiger partial charge < -0.3 is 9.64 Å². The van der Waals surface area contributed by atoms with Crippen molar-refractivity contribution in [1.29, 1.82) is 0 Å². The van der Waals surface area contributed by atoms with E-state index < -0.39 is 0 Å². The minimum Gasteiger partial charge on any atom is -0.456 e. The molecular formula is C22H28N8O3. The zero-order chi connectivity index (χ0) is 23.2. The van der Waals surface area contributed by atoms with E-state index in [1.54, 1.807) is 11.8 Å². The van der Waals surface area contributed by atoms with Gasteiger partial charge in [-0.25, -0.2) is 4.79 Å². The number of nitrogens with zero attached hydrogens (tertiary/aromatic N) is 8. The fourth-order valence-electron chi connectivity index (χ4n) is 5.28. The number of hydrogen-bond donors (Lipinski definition) is 0. The van der Waals surface area contributed by atoms with E-state index in [-0.39, 0.29) is 23.9 Å². The van der Waals surface area contributed by atoms with Crippen molar-refractivity contribution in [2.24, 2.45) is 5.41 Å². The minimum atomic E-state index is -0.312. The lowest BCUT2D eigenvalue weighted by atomic mass is 9.71. The Balaban J connectivity index is 1.21. The van der Waals surface area contributed by atoms with Crippen LogP contribution in [0.2, 0.25) is 0 Å². The number of amides is 1. The van der Waals surface area contributed by atoms with Gasteiger partial charge in [-0.2, -0.15) is 9.78 Å². The van der Waals surface area contributed by atoms with E-state index >= 15 is 0 Å². The van der Waals surface area contributed by atoms with Crippen molar-refractivity contribution >= 4 is 11.9 Å². The Labute approximate surface area is 191 Å². The quantitative estimate of drug-likeness (QED) is 0.616. The lowest BCUT2D eigenvalue weighted by molar-refractivity contribution is -0.138. The number of rotatable bonds is 5. The second kappa shape index (κ2) is 8.29. The van der Waals surface area contributed by atoms with Crippen LogP contribution < -0.4 is 0 Å². The summed E-state index contributed by atoms with van der Waals surface area (Å²) in [7, 11) is 2.11. The molecule has 33 heavy (non-hydrogen) atoms. The molecule has 1 spiro atoms. The van der Waals surface area contributed by atoms with E-state index in [1.807, 2.05) is 13.0 Å². The van der Waals surface area contributed by atoms with Crippen molar-refractivity contribution in [1.82, 2.24) is 40.2 Å². The van der Waals surface area contributed by atoms with E-state index in [9.17, 15) is 9.59 Å². The first-order valence-electron chi connectivity index (χ1n) is 11.3. The Bertz CT molecular complexity index is 1100. The van der Waals surface area contributed by atoms with Gasteiger partial charge in [0.05, 0.1) is 22.4 Å². The first kappa shape index (κ1) is 21.6. The Morgan fingerprint density at radius 3 is 2.61 bits per heavy atom. The highest BCUT2D eigenvalue weighted by molar-refractivity contribution is 5.94. The number of hydrogen-bond acceptors (Lipinski definition) is 9. The fourth-order valence-corrected chi connectivity index (χ4v) is 5.28.